The van der Waals surface area contributed by atoms with Gasteiger partial charge in [0.05, 0.1) is 6.61 Å². The van der Waals surface area contributed by atoms with Crippen LogP contribution in [0.25, 0.3) is 5.57 Å². The third kappa shape index (κ3) is 3.18. The summed E-state index contributed by atoms with van der Waals surface area (Å²) in [6.45, 7) is 3.91. The van der Waals surface area contributed by atoms with Crippen molar-refractivity contribution in [2.75, 3.05) is 6.61 Å². The third-order valence-electron chi connectivity index (χ3n) is 2.37. The first-order valence-corrected chi connectivity index (χ1v) is 5.60. The molecule has 0 fully saturated rings. The quantitative estimate of drug-likeness (QED) is 0.453. The molecule has 0 saturated carbocycles. The fourth-order valence-electron chi connectivity index (χ4n) is 1.60. The molecular formula is C14H15NO2. The maximum absolute atomic E-state index is 11.6. The SMILES string of the molecule is CCOC(=O)C(C#N)=C(CC)c1ccccc1. The van der Waals surface area contributed by atoms with E-state index in [4.69, 9.17) is 10.00 Å². The first-order valence-electron chi connectivity index (χ1n) is 5.60. The standard InChI is InChI=1S/C14H15NO2/c1-3-12(11-8-6-5-7-9-11)13(10-15)14(16)17-4-2/h5-9H,3-4H2,1-2H3. The van der Waals surface area contributed by atoms with Crippen LogP contribution in [0, 0.1) is 11.3 Å². The molecule has 1 aromatic rings. The zero-order valence-electron chi connectivity index (χ0n) is 10.1. The van der Waals surface area contributed by atoms with E-state index in [0.29, 0.717) is 6.42 Å². The van der Waals surface area contributed by atoms with Crippen LogP contribution in [0.1, 0.15) is 25.8 Å². The van der Waals surface area contributed by atoms with Crippen molar-refractivity contribution in [2.24, 2.45) is 0 Å². The second kappa shape index (κ2) is 6.49. The number of rotatable bonds is 4. The lowest BCUT2D eigenvalue weighted by molar-refractivity contribution is -0.137. The van der Waals surface area contributed by atoms with Gasteiger partial charge < -0.3 is 4.74 Å². The van der Waals surface area contributed by atoms with Crippen LogP contribution in [0.5, 0.6) is 0 Å². The minimum Gasteiger partial charge on any atom is -0.462 e. The van der Waals surface area contributed by atoms with E-state index in [1.165, 1.54) is 0 Å². The number of esters is 1. The highest BCUT2D eigenvalue weighted by Crippen LogP contribution is 2.22. The summed E-state index contributed by atoms with van der Waals surface area (Å²) >= 11 is 0. The monoisotopic (exact) mass is 229 g/mol. The molecule has 0 aliphatic rings. The first-order chi connectivity index (χ1) is 8.24. The van der Waals surface area contributed by atoms with E-state index in [1.807, 2.05) is 43.3 Å². The van der Waals surface area contributed by atoms with Gasteiger partial charge >= 0.3 is 5.97 Å². The van der Waals surface area contributed by atoms with Crippen molar-refractivity contribution < 1.29 is 9.53 Å². The highest BCUT2D eigenvalue weighted by Gasteiger charge is 2.16. The molecule has 0 radical (unpaired) electrons. The van der Waals surface area contributed by atoms with Gasteiger partial charge in [-0.3, -0.25) is 0 Å². The molecule has 1 rings (SSSR count). The lowest BCUT2D eigenvalue weighted by atomic mass is 9.98. The van der Waals surface area contributed by atoms with Crippen molar-refractivity contribution in [3.63, 3.8) is 0 Å². The highest BCUT2D eigenvalue weighted by molar-refractivity contribution is 6.01. The Morgan fingerprint density at radius 1 is 1.29 bits per heavy atom. The summed E-state index contributed by atoms with van der Waals surface area (Å²) in [6.07, 6.45) is 0.617. The van der Waals surface area contributed by atoms with Gasteiger partial charge in [-0.15, -0.1) is 0 Å². The van der Waals surface area contributed by atoms with Crippen LogP contribution in [0.2, 0.25) is 0 Å². The average molecular weight is 229 g/mol. The molecule has 3 nitrogen and oxygen atoms in total. The second-order valence-electron chi connectivity index (χ2n) is 3.41. The van der Waals surface area contributed by atoms with Crippen LogP contribution in [0.4, 0.5) is 0 Å². The molecule has 0 amide bonds. The van der Waals surface area contributed by atoms with Crippen LogP contribution < -0.4 is 0 Å². The number of allylic oxidation sites excluding steroid dienone is 1. The summed E-state index contributed by atoms with van der Waals surface area (Å²) in [7, 11) is 0. The molecule has 0 N–H and O–H groups in total. The normalized spacial score (nSPS) is 11.4. The fourth-order valence-corrected chi connectivity index (χ4v) is 1.60. The van der Waals surface area contributed by atoms with Crippen LogP contribution in [-0.4, -0.2) is 12.6 Å². The van der Waals surface area contributed by atoms with Crippen LogP contribution in [-0.2, 0) is 9.53 Å². The van der Waals surface area contributed by atoms with Crippen LogP contribution >= 0.6 is 0 Å². The molecule has 0 bridgehead atoms. The number of hydrogen-bond acceptors (Lipinski definition) is 3. The second-order valence-corrected chi connectivity index (χ2v) is 3.41. The van der Waals surface area contributed by atoms with E-state index in [1.54, 1.807) is 6.92 Å². The first kappa shape index (κ1) is 13.0. The Kier molecular flexibility index (Phi) is 4.96. The smallest absolute Gasteiger partial charge is 0.349 e. The topological polar surface area (TPSA) is 50.1 Å². The molecule has 0 heterocycles. The summed E-state index contributed by atoms with van der Waals surface area (Å²) < 4.78 is 4.88. The van der Waals surface area contributed by atoms with Crippen molar-refractivity contribution in [1.29, 1.82) is 5.26 Å². The lowest BCUT2D eigenvalue weighted by Gasteiger charge is -2.08. The third-order valence-corrected chi connectivity index (χ3v) is 2.37. The van der Waals surface area contributed by atoms with Gasteiger partial charge in [0.2, 0.25) is 0 Å². The van der Waals surface area contributed by atoms with Crippen LogP contribution in [0.3, 0.4) is 0 Å². The Hall–Kier alpha value is -2.08. The van der Waals surface area contributed by atoms with E-state index < -0.39 is 5.97 Å². The maximum Gasteiger partial charge on any atom is 0.349 e. The van der Waals surface area contributed by atoms with Gasteiger partial charge in [0, 0.05) is 0 Å². The largest absolute Gasteiger partial charge is 0.462 e. The van der Waals surface area contributed by atoms with Crippen molar-refractivity contribution in [2.45, 2.75) is 20.3 Å². The summed E-state index contributed by atoms with van der Waals surface area (Å²) in [4.78, 5) is 11.6. The number of hydrogen-bond donors (Lipinski definition) is 0. The Morgan fingerprint density at radius 2 is 1.94 bits per heavy atom. The van der Waals surface area contributed by atoms with Crippen molar-refractivity contribution in [3.8, 4) is 6.07 Å². The van der Waals surface area contributed by atoms with Crippen molar-refractivity contribution >= 4 is 11.5 Å². The van der Waals surface area contributed by atoms with Gasteiger partial charge in [0.1, 0.15) is 11.6 Å². The number of benzene rings is 1. The van der Waals surface area contributed by atoms with Gasteiger partial charge in [-0.2, -0.15) is 5.26 Å². The van der Waals surface area contributed by atoms with Crippen LogP contribution in [0.15, 0.2) is 35.9 Å². The number of carbonyl (C=O) groups is 1. The minimum atomic E-state index is -0.546. The van der Waals surface area contributed by atoms with E-state index in [0.717, 1.165) is 11.1 Å². The summed E-state index contributed by atoms with van der Waals surface area (Å²) in [5, 5.41) is 9.08. The number of carbonyl (C=O) groups excluding carboxylic acids is 1. The Labute approximate surface area is 101 Å². The zero-order valence-corrected chi connectivity index (χ0v) is 10.1. The number of ether oxygens (including phenoxy) is 1. The number of nitriles is 1. The van der Waals surface area contributed by atoms with Gasteiger partial charge in [0.15, 0.2) is 0 Å². The van der Waals surface area contributed by atoms with Crippen molar-refractivity contribution in [3.05, 3.63) is 41.5 Å². The molecule has 0 atom stereocenters. The van der Waals surface area contributed by atoms with Gasteiger partial charge in [0.25, 0.3) is 0 Å². The molecule has 17 heavy (non-hydrogen) atoms. The molecular weight excluding hydrogens is 214 g/mol. The molecule has 0 saturated heterocycles. The summed E-state index contributed by atoms with van der Waals surface area (Å²) in [5.41, 5.74) is 1.71. The molecule has 88 valence electrons. The molecule has 0 aliphatic heterocycles. The number of nitrogens with zero attached hydrogens (tertiary/aromatic N) is 1. The highest BCUT2D eigenvalue weighted by atomic mass is 16.5. The van der Waals surface area contributed by atoms with E-state index >= 15 is 0 Å². The average Bonchev–Trinajstić information content (AvgIpc) is 2.37. The predicted molar refractivity (Wildman–Crippen MR) is 65.9 cm³/mol. The molecule has 0 aromatic heterocycles. The molecule has 0 spiro atoms. The van der Waals surface area contributed by atoms with Crippen molar-refractivity contribution in [1.82, 2.24) is 0 Å². The maximum atomic E-state index is 11.6. The molecule has 3 heteroatoms. The van der Waals surface area contributed by atoms with Gasteiger partial charge in [-0.25, -0.2) is 4.79 Å². The van der Waals surface area contributed by atoms with E-state index in [2.05, 4.69) is 0 Å². The Balaban J connectivity index is 3.21. The minimum absolute atomic E-state index is 0.0977. The van der Waals surface area contributed by atoms with Gasteiger partial charge in [-0.1, -0.05) is 37.3 Å². The summed E-state index contributed by atoms with van der Waals surface area (Å²) in [5.74, 6) is -0.546. The summed E-state index contributed by atoms with van der Waals surface area (Å²) in [6, 6.07) is 11.4. The zero-order chi connectivity index (χ0) is 12.7. The lowest BCUT2D eigenvalue weighted by Crippen LogP contribution is -2.08. The predicted octanol–water partition coefficient (Wildman–Crippen LogP) is 2.94. The fraction of sp³-hybridized carbons (Fsp3) is 0.286. The van der Waals surface area contributed by atoms with E-state index in [9.17, 15) is 4.79 Å². The Morgan fingerprint density at radius 3 is 2.41 bits per heavy atom. The Bertz CT molecular complexity index is 455. The molecule has 0 aliphatic carbocycles. The van der Waals surface area contributed by atoms with Gasteiger partial charge in [-0.05, 0) is 24.5 Å². The van der Waals surface area contributed by atoms with E-state index in [-0.39, 0.29) is 12.2 Å². The molecule has 0 unspecified atom stereocenters. The molecule has 1 aromatic carbocycles.